The maximum absolute atomic E-state index is 11.2. The Morgan fingerprint density at radius 2 is 2.12 bits per heavy atom. The third kappa shape index (κ3) is 2.57. The van der Waals surface area contributed by atoms with Gasteiger partial charge in [0.15, 0.2) is 0 Å². The van der Waals surface area contributed by atoms with Gasteiger partial charge in [0.1, 0.15) is 9.84 Å². The van der Waals surface area contributed by atoms with Crippen LogP contribution in [0.4, 0.5) is 0 Å². The zero-order chi connectivity index (χ0) is 11.8. The molecule has 2 aliphatic rings. The van der Waals surface area contributed by atoms with Crippen LogP contribution in [0.3, 0.4) is 0 Å². The normalized spacial score (nSPS) is 36.2. The second-order valence-electron chi connectivity index (χ2n) is 5.28. The van der Waals surface area contributed by atoms with Gasteiger partial charge in [-0.2, -0.15) is 0 Å². The van der Waals surface area contributed by atoms with Gasteiger partial charge in [0, 0.05) is 18.8 Å². The van der Waals surface area contributed by atoms with Crippen LogP contribution in [0, 0.1) is 0 Å². The second kappa shape index (κ2) is 4.27. The first-order chi connectivity index (χ1) is 7.41. The van der Waals surface area contributed by atoms with Crippen molar-refractivity contribution >= 4 is 9.84 Å². The van der Waals surface area contributed by atoms with Crippen molar-refractivity contribution in [1.82, 2.24) is 4.90 Å². The number of sulfone groups is 1. The van der Waals surface area contributed by atoms with E-state index in [9.17, 15) is 13.5 Å². The molecule has 0 radical (unpaired) electrons. The Hall–Kier alpha value is -0.130. The molecule has 0 aliphatic carbocycles. The van der Waals surface area contributed by atoms with E-state index in [1.54, 1.807) is 0 Å². The Labute approximate surface area is 97.6 Å². The molecular weight excluding hydrogens is 226 g/mol. The Kier molecular flexibility index (Phi) is 3.29. The number of rotatable bonds is 3. The fourth-order valence-electron chi connectivity index (χ4n) is 3.02. The maximum atomic E-state index is 11.2. The number of piperidine rings is 1. The number of nitrogens with zero attached hydrogens (tertiary/aromatic N) is 1. The molecule has 0 aromatic rings. The fourth-order valence-corrected chi connectivity index (χ4v) is 3.75. The molecule has 2 aliphatic heterocycles. The van der Waals surface area contributed by atoms with E-state index in [4.69, 9.17) is 0 Å². The summed E-state index contributed by atoms with van der Waals surface area (Å²) in [5.74, 6) is 0.105. The van der Waals surface area contributed by atoms with Crippen LogP contribution in [0.1, 0.15) is 32.1 Å². The third-order valence-electron chi connectivity index (χ3n) is 3.97. The van der Waals surface area contributed by atoms with Crippen LogP contribution in [-0.2, 0) is 9.84 Å². The maximum Gasteiger partial charge on any atom is 0.147 e. The Balaban J connectivity index is 2.01. The molecule has 1 N–H and O–H groups in total. The Morgan fingerprint density at radius 3 is 2.81 bits per heavy atom. The molecule has 2 fully saturated rings. The van der Waals surface area contributed by atoms with Crippen LogP contribution in [0.25, 0.3) is 0 Å². The molecule has 4 nitrogen and oxygen atoms in total. The van der Waals surface area contributed by atoms with Crippen molar-refractivity contribution in [1.29, 1.82) is 0 Å². The molecule has 2 rings (SSSR count). The zero-order valence-corrected chi connectivity index (χ0v) is 10.7. The van der Waals surface area contributed by atoms with E-state index in [2.05, 4.69) is 4.90 Å². The highest BCUT2D eigenvalue weighted by Crippen LogP contribution is 2.37. The standard InChI is InChI=1S/C11H21NO3S/c1-16(14,15)9-6-11(13)5-8-12-7-3-2-4-10(11)12/h10,13H,2-9H2,1H3. The molecule has 5 heteroatoms. The second-order valence-corrected chi connectivity index (χ2v) is 7.54. The predicted molar refractivity (Wildman–Crippen MR) is 63.1 cm³/mol. The molecular formula is C11H21NO3S. The molecule has 2 heterocycles. The lowest BCUT2D eigenvalue weighted by atomic mass is 9.87. The first-order valence-corrected chi connectivity index (χ1v) is 8.11. The molecule has 0 saturated carbocycles. The SMILES string of the molecule is CS(=O)(=O)CCC1(O)CCN2CCCCC21. The molecule has 0 bridgehead atoms. The smallest absolute Gasteiger partial charge is 0.147 e. The molecule has 2 saturated heterocycles. The Morgan fingerprint density at radius 1 is 1.38 bits per heavy atom. The van der Waals surface area contributed by atoms with Gasteiger partial charge in [0.2, 0.25) is 0 Å². The summed E-state index contributed by atoms with van der Waals surface area (Å²) >= 11 is 0. The van der Waals surface area contributed by atoms with Gasteiger partial charge >= 0.3 is 0 Å². The zero-order valence-electron chi connectivity index (χ0n) is 9.85. The van der Waals surface area contributed by atoms with Crippen molar-refractivity contribution in [3.05, 3.63) is 0 Å². The van der Waals surface area contributed by atoms with E-state index in [0.717, 1.165) is 32.4 Å². The highest BCUT2D eigenvalue weighted by Gasteiger charge is 2.46. The van der Waals surface area contributed by atoms with Crippen LogP contribution in [0.15, 0.2) is 0 Å². The van der Waals surface area contributed by atoms with Gasteiger partial charge in [-0.25, -0.2) is 8.42 Å². The average molecular weight is 247 g/mol. The topological polar surface area (TPSA) is 57.6 Å². The van der Waals surface area contributed by atoms with Gasteiger partial charge in [-0.1, -0.05) is 6.42 Å². The van der Waals surface area contributed by atoms with Crippen LogP contribution in [0.2, 0.25) is 0 Å². The number of aliphatic hydroxyl groups is 1. The van der Waals surface area contributed by atoms with Crippen molar-refractivity contribution < 1.29 is 13.5 Å². The highest BCUT2D eigenvalue weighted by atomic mass is 32.2. The van der Waals surface area contributed by atoms with Gasteiger partial charge in [0.05, 0.1) is 11.4 Å². The van der Waals surface area contributed by atoms with E-state index < -0.39 is 15.4 Å². The molecule has 0 amide bonds. The fraction of sp³-hybridized carbons (Fsp3) is 1.00. The van der Waals surface area contributed by atoms with E-state index in [1.807, 2.05) is 0 Å². The molecule has 94 valence electrons. The lowest BCUT2D eigenvalue weighted by Crippen LogP contribution is -2.47. The third-order valence-corrected chi connectivity index (χ3v) is 4.92. The van der Waals surface area contributed by atoms with E-state index >= 15 is 0 Å². The van der Waals surface area contributed by atoms with Gasteiger partial charge in [-0.3, -0.25) is 4.90 Å². The summed E-state index contributed by atoms with van der Waals surface area (Å²) in [7, 11) is -2.97. The van der Waals surface area contributed by atoms with Crippen molar-refractivity contribution in [3.8, 4) is 0 Å². The first kappa shape index (κ1) is 12.3. The average Bonchev–Trinajstić information content (AvgIpc) is 2.55. The van der Waals surface area contributed by atoms with Gasteiger partial charge in [0.25, 0.3) is 0 Å². The van der Waals surface area contributed by atoms with Gasteiger partial charge < -0.3 is 5.11 Å². The van der Waals surface area contributed by atoms with E-state index in [0.29, 0.717) is 6.42 Å². The monoisotopic (exact) mass is 247 g/mol. The van der Waals surface area contributed by atoms with Crippen molar-refractivity contribution in [2.45, 2.75) is 43.7 Å². The molecule has 0 aromatic carbocycles. The summed E-state index contributed by atoms with van der Waals surface area (Å²) in [6.45, 7) is 1.98. The van der Waals surface area contributed by atoms with Crippen LogP contribution >= 0.6 is 0 Å². The summed E-state index contributed by atoms with van der Waals surface area (Å²) in [6.07, 6.45) is 5.74. The lowest BCUT2D eigenvalue weighted by Gasteiger charge is -2.37. The van der Waals surface area contributed by atoms with Crippen molar-refractivity contribution in [2.24, 2.45) is 0 Å². The van der Waals surface area contributed by atoms with Gasteiger partial charge in [-0.15, -0.1) is 0 Å². The van der Waals surface area contributed by atoms with Crippen LogP contribution < -0.4 is 0 Å². The summed E-state index contributed by atoms with van der Waals surface area (Å²) in [5, 5.41) is 10.5. The minimum absolute atomic E-state index is 0.105. The number of hydrogen-bond donors (Lipinski definition) is 1. The van der Waals surface area contributed by atoms with Crippen molar-refractivity contribution in [3.63, 3.8) is 0 Å². The first-order valence-electron chi connectivity index (χ1n) is 6.05. The summed E-state index contributed by atoms with van der Waals surface area (Å²) < 4.78 is 22.3. The van der Waals surface area contributed by atoms with Crippen LogP contribution in [0.5, 0.6) is 0 Å². The largest absolute Gasteiger partial charge is 0.388 e. The molecule has 2 atom stereocenters. The molecule has 0 spiro atoms. The van der Waals surface area contributed by atoms with E-state index in [-0.39, 0.29) is 11.8 Å². The summed E-state index contributed by atoms with van der Waals surface area (Å²) in [4.78, 5) is 2.33. The quantitative estimate of drug-likeness (QED) is 0.785. The lowest BCUT2D eigenvalue weighted by molar-refractivity contribution is -0.0115. The highest BCUT2D eigenvalue weighted by molar-refractivity contribution is 7.90. The number of hydrogen-bond acceptors (Lipinski definition) is 4. The number of fused-ring (bicyclic) bond motifs is 1. The Bertz CT molecular complexity index is 354. The summed E-state index contributed by atoms with van der Waals surface area (Å²) in [6, 6.07) is 0.197. The minimum Gasteiger partial charge on any atom is -0.388 e. The van der Waals surface area contributed by atoms with E-state index in [1.165, 1.54) is 12.7 Å². The molecule has 2 unspecified atom stereocenters. The van der Waals surface area contributed by atoms with Crippen LogP contribution in [-0.4, -0.2) is 55.2 Å². The predicted octanol–water partition coefficient (Wildman–Crippen LogP) is 0.410. The molecule has 16 heavy (non-hydrogen) atoms. The summed E-state index contributed by atoms with van der Waals surface area (Å²) in [5.41, 5.74) is -0.760. The van der Waals surface area contributed by atoms with Gasteiger partial charge in [-0.05, 0) is 32.2 Å². The van der Waals surface area contributed by atoms with Crippen molar-refractivity contribution in [2.75, 3.05) is 25.1 Å². The molecule has 0 aromatic heterocycles. The minimum atomic E-state index is -2.97.